The number of alkyl halides is 2. The van der Waals surface area contributed by atoms with Crippen molar-refractivity contribution in [3.63, 3.8) is 0 Å². The average Bonchev–Trinajstić information content (AvgIpc) is 2.34. The lowest BCUT2D eigenvalue weighted by molar-refractivity contribution is -0.384. The lowest BCUT2D eigenvalue weighted by Gasteiger charge is -2.11. The largest absolute Gasteiger partial charge is 0.449 e. The highest BCUT2D eigenvalue weighted by molar-refractivity contribution is 6.22. The summed E-state index contributed by atoms with van der Waals surface area (Å²) in [5.74, 6) is 0. The molecule has 0 fully saturated rings. The predicted molar refractivity (Wildman–Crippen MR) is 72.7 cm³/mol. The Morgan fingerprint density at radius 3 is 2.60 bits per heavy atom. The van der Waals surface area contributed by atoms with Gasteiger partial charge in [-0.05, 0) is 31.9 Å². The van der Waals surface area contributed by atoms with E-state index in [0.29, 0.717) is 12.1 Å². The summed E-state index contributed by atoms with van der Waals surface area (Å²) in [5, 5.41) is 11.0. The molecule has 6 nitrogen and oxygen atoms in total. The third-order valence-corrected chi connectivity index (χ3v) is 2.51. The second kappa shape index (κ2) is 7.04. The Bertz CT molecular complexity index is 473. The van der Waals surface area contributed by atoms with Crippen LogP contribution >= 0.6 is 11.6 Å². The first-order valence-corrected chi connectivity index (χ1v) is 6.22. The van der Waals surface area contributed by atoms with Gasteiger partial charge in [0.25, 0.3) is 5.69 Å². The van der Waals surface area contributed by atoms with Crippen molar-refractivity contribution in [3.05, 3.63) is 34.4 Å². The number of hydrogen-bond acceptors (Lipinski definition) is 4. The number of nitrogens with one attached hydrogen (secondary N) is 1. The van der Waals surface area contributed by atoms with Crippen molar-refractivity contribution >= 4 is 29.1 Å². The lowest BCUT2D eigenvalue weighted by atomic mass is 10.2. The van der Waals surface area contributed by atoms with Crippen molar-refractivity contribution < 1.29 is 18.8 Å². The van der Waals surface area contributed by atoms with E-state index < -0.39 is 16.1 Å². The smallest absolute Gasteiger partial charge is 0.411 e. The molecule has 0 aliphatic carbocycles. The van der Waals surface area contributed by atoms with Crippen molar-refractivity contribution in [2.24, 2.45) is 0 Å². The number of nitro groups is 1. The van der Waals surface area contributed by atoms with E-state index in [0.717, 1.165) is 0 Å². The van der Waals surface area contributed by atoms with Crippen LogP contribution in [0.1, 0.15) is 19.8 Å². The predicted octanol–water partition coefficient (Wildman–Crippen LogP) is 3.85. The molecule has 1 N–H and O–H groups in total. The number of rotatable bonds is 6. The van der Waals surface area contributed by atoms with Gasteiger partial charge in [-0.3, -0.25) is 15.4 Å². The molecule has 1 rings (SSSR count). The minimum atomic E-state index is -1.81. The molecule has 0 bridgehead atoms. The van der Waals surface area contributed by atoms with Crippen LogP contribution in [0.2, 0.25) is 0 Å². The number of benzene rings is 1. The number of carbonyl (C=O) groups excluding carboxylic acids is 1. The number of nitro benzene ring substituents is 1. The summed E-state index contributed by atoms with van der Waals surface area (Å²) in [5.41, 5.74) is 0.293. The number of carbonyl (C=O) groups is 1. The van der Waals surface area contributed by atoms with Crippen LogP contribution in [-0.2, 0) is 4.74 Å². The summed E-state index contributed by atoms with van der Waals surface area (Å²) in [6, 6.07) is 5.29. The molecule has 0 aliphatic heterocycles. The molecule has 0 saturated carbocycles. The van der Waals surface area contributed by atoms with Crippen LogP contribution in [0.15, 0.2) is 24.3 Å². The van der Waals surface area contributed by atoms with Gasteiger partial charge in [-0.15, -0.1) is 0 Å². The molecule has 20 heavy (non-hydrogen) atoms. The zero-order valence-electron chi connectivity index (χ0n) is 10.8. The number of halogens is 2. The molecule has 0 saturated heterocycles. The van der Waals surface area contributed by atoms with Gasteiger partial charge in [0.05, 0.1) is 11.5 Å². The average molecular weight is 305 g/mol. The Kier molecular flexibility index (Phi) is 5.69. The molecular formula is C12H14ClFN2O4. The van der Waals surface area contributed by atoms with Gasteiger partial charge >= 0.3 is 6.09 Å². The number of anilines is 1. The van der Waals surface area contributed by atoms with Gasteiger partial charge in [0.2, 0.25) is 0 Å². The summed E-state index contributed by atoms with van der Waals surface area (Å²) in [4.78, 5) is 21.3. The fourth-order valence-corrected chi connectivity index (χ4v) is 1.50. The van der Waals surface area contributed by atoms with Gasteiger partial charge < -0.3 is 4.74 Å². The summed E-state index contributed by atoms with van der Waals surface area (Å²) in [6.45, 7) is 1.26. The van der Waals surface area contributed by atoms with Crippen LogP contribution in [0.5, 0.6) is 0 Å². The van der Waals surface area contributed by atoms with E-state index in [2.05, 4.69) is 5.32 Å². The van der Waals surface area contributed by atoms with Crippen LogP contribution in [0.4, 0.5) is 20.6 Å². The van der Waals surface area contributed by atoms with E-state index in [4.69, 9.17) is 16.3 Å². The molecule has 1 unspecified atom stereocenters. The van der Waals surface area contributed by atoms with E-state index in [1.807, 2.05) is 0 Å². The standard InChI is InChI=1S/C12H14ClFN2O4/c1-12(13,14)7-2-8-20-11(17)15-9-3-5-10(6-4-9)16(18)19/h3-6H,2,7-8H2,1H3,(H,15,17). The number of hydrogen-bond donors (Lipinski definition) is 1. The highest BCUT2D eigenvalue weighted by atomic mass is 35.5. The van der Waals surface area contributed by atoms with E-state index >= 15 is 0 Å². The SMILES string of the molecule is CC(F)(Cl)CCCOC(=O)Nc1ccc([N+](=O)[O-])cc1. The van der Waals surface area contributed by atoms with Crippen molar-refractivity contribution in [3.8, 4) is 0 Å². The zero-order valence-corrected chi connectivity index (χ0v) is 11.5. The Hall–Kier alpha value is -1.89. The molecule has 1 aromatic rings. The fourth-order valence-electron chi connectivity index (χ4n) is 1.37. The minimum Gasteiger partial charge on any atom is -0.449 e. The summed E-state index contributed by atoms with van der Waals surface area (Å²) < 4.78 is 17.7. The molecule has 0 aliphatic rings. The van der Waals surface area contributed by atoms with Crippen LogP contribution in [0.25, 0.3) is 0 Å². The second-order valence-corrected chi connectivity index (χ2v) is 5.03. The van der Waals surface area contributed by atoms with Gasteiger partial charge in [0.15, 0.2) is 5.13 Å². The van der Waals surface area contributed by atoms with E-state index in [1.165, 1.54) is 31.2 Å². The van der Waals surface area contributed by atoms with Crippen LogP contribution in [0.3, 0.4) is 0 Å². The Labute approximate surface area is 120 Å². The molecule has 0 aromatic heterocycles. The van der Waals surface area contributed by atoms with E-state index in [-0.39, 0.29) is 18.7 Å². The van der Waals surface area contributed by atoms with Gasteiger partial charge in [-0.1, -0.05) is 11.6 Å². The first kappa shape index (κ1) is 16.2. The fraction of sp³-hybridized carbons (Fsp3) is 0.417. The van der Waals surface area contributed by atoms with Crippen molar-refractivity contribution in [1.82, 2.24) is 0 Å². The summed E-state index contributed by atoms with van der Waals surface area (Å²) in [7, 11) is 0. The maximum Gasteiger partial charge on any atom is 0.411 e. The van der Waals surface area contributed by atoms with Crippen LogP contribution in [0, 0.1) is 10.1 Å². The van der Waals surface area contributed by atoms with Gasteiger partial charge in [-0.2, -0.15) is 0 Å². The first-order chi connectivity index (χ1) is 9.28. The Balaban J connectivity index is 2.33. The molecule has 8 heteroatoms. The summed E-state index contributed by atoms with van der Waals surface area (Å²) in [6.07, 6.45) is -0.349. The van der Waals surface area contributed by atoms with E-state index in [9.17, 15) is 19.3 Å². The lowest BCUT2D eigenvalue weighted by Crippen LogP contribution is -2.16. The highest BCUT2D eigenvalue weighted by Crippen LogP contribution is 2.22. The number of non-ortho nitro benzene ring substituents is 1. The monoisotopic (exact) mass is 304 g/mol. The first-order valence-electron chi connectivity index (χ1n) is 5.84. The quantitative estimate of drug-likeness (QED) is 0.374. The Morgan fingerprint density at radius 2 is 2.10 bits per heavy atom. The third-order valence-electron chi connectivity index (χ3n) is 2.32. The number of nitrogens with zero attached hydrogens (tertiary/aromatic N) is 1. The van der Waals surface area contributed by atoms with Gasteiger partial charge in [0, 0.05) is 17.8 Å². The topological polar surface area (TPSA) is 81.5 Å². The van der Waals surface area contributed by atoms with Crippen LogP contribution in [-0.4, -0.2) is 22.8 Å². The maximum atomic E-state index is 12.9. The molecule has 0 radical (unpaired) electrons. The molecule has 110 valence electrons. The Morgan fingerprint density at radius 1 is 1.50 bits per heavy atom. The van der Waals surface area contributed by atoms with Crippen LogP contribution < -0.4 is 5.32 Å². The van der Waals surface area contributed by atoms with E-state index in [1.54, 1.807) is 0 Å². The molecule has 0 heterocycles. The van der Waals surface area contributed by atoms with Crippen molar-refractivity contribution in [2.45, 2.75) is 24.9 Å². The van der Waals surface area contributed by atoms with Crippen molar-refractivity contribution in [2.75, 3.05) is 11.9 Å². The summed E-state index contributed by atoms with van der Waals surface area (Å²) >= 11 is 5.34. The number of amides is 1. The molecule has 1 amide bonds. The third kappa shape index (κ3) is 6.33. The zero-order chi connectivity index (χ0) is 15.2. The van der Waals surface area contributed by atoms with Gasteiger partial charge in [-0.25, -0.2) is 9.18 Å². The highest BCUT2D eigenvalue weighted by Gasteiger charge is 2.17. The molecule has 0 spiro atoms. The normalized spacial score (nSPS) is 13.3. The van der Waals surface area contributed by atoms with Gasteiger partial charge in [0.1, 0.15) is 0 Å². The molecular weight excluding hydrogens is 291 g/mol. The molecule has 1 aromatic carbocycles. The molecule has 1 atom stereocenters. The van der Waals surface area contributed by atoms with Crippen molar-refractivity contribution in [1.29, 1.82) is 0 Å². The number of ether oxygens (including phenoxy) is 1. The second-order valence-electron chi connectivity index (χ2n) is 4.24. The minimum absolute atomic E-state index is 0.0328. The maximum absolute atomic E-state index is 12.9.